The number of carboxylic acids is 1. The fraction of sp³-hybridized carbons (Fsp3) is 0.867. The van der Waals surface area contributed by atoms with Gasteiger partial charge in [0.1, 0.15) is 0 Å². The summed E-state index contributed by atoms with van der Waals surface area (Å²) < 4.78 is 0. The Labute approximate surface area is 130 Å². The zero-order valence-electron chi connectivity index (χ0n) is 12.6. The van der Waals surface area contributed by atoms with Crippen LogP contribution in [0.1, 0.15) is 38.5 Å². The van der Waals surface area contributed by atoms with Crippen molar-refractivity contribution in [1.29, 1.82) is 0 Å². The highest BCUT2D eigenvalue weighted by molar-refractivity contribution is 7.99. The first kappa shape index (κ1) is 16.6. The van der Waals surface area contributed by atoms with Crippen LogP contribution in [0.5, 0.6) is 0 Å². The molecule has 21 heavy (non-hydrogen) atoms. The van der Waals surface area contributed by atoms with E-state index in [9.17, 15) is 14.7 Å². The Balaban J connectivity index is 1.73. The first-order valence-electron chi connectivity index (χ1n) is 7.93. The van der Waals surface area contributed by atoms with Crippen LogP contribution in [0.15, 0.2) is 0 Å². The van der Waals surface area contributed by atoms with E-state index >= 15 is 0 Å². The van der Waals surface area contributed by atoms with Gasteiger partial charge in [-0.1, -0.05) is 19.3 Å². The van der Waals surface area contributed by atoms with Crippen molar-refractivity contribution in [3.63, 3.8) is 0 Å². The molecule has 2 rings (SSSR count). The van der Waals surface area contributed by atoms with Gasteiger partial charge in [0.25, 0.3) is 0 Å². The molecule has 0 aromatic rings. The Morgan fingerprint density at radius 3 is 2.43 bits per heavy atom. The minimum atomic E-state index is -0.815. The molecular weight excluding hydrogens is 288 g/mol. The molecule has 1 heterocycles. The van der Waals surface area contributed by atoms with Crippen LogP contribution in [0.4, 0.5) is 0 Å². The highest BCUT2D eigenvalue weighted by Crippen LogP contribution is 2.39. The van der Waals surface area contributed by atoms with Gasteiger partial charge in [0.2, 0.25) is 5.91 Å². The van der Waals surface area contributed by atoms with Crippen molar-refractivity contribution in [3.8, 4) is 0 Å². The average molecular weight is 314 g/mol. The molecule has 0 aromatic heterocycles. The lowest BCUT2D eigenvalue weighted by atomic mass is 9.71. The molecule has 0 spiro atoms. The van der Waals surface area contributed by atoms with Gasteiger partial charge in [-0.15, -0.1) is 0 Å². The molecule has 5 nitrogen and oxygen atoms in total. The summed E-state index contributed by atoms with van der Waals surface area (Å²) in [6.45, 7) is 3.66. The molecule has 0 unspecified atom stereocenters. The van der Waals surface area contributed by atoms with E-state index in [2.05, 4.69) is 10.2 Å². The molecule has 1 aliphatic carbocycles. The van der Waals surface area contributed by atoms with Gasteiger partial charge < -0.3 is 10.4 Å². The summed E-state index contributed by atoms with van der Waals surface area (Å²) in [6, 6.07) is 0. The van der Waals surface area contributed by atoms with E-state index in [1.165, 1.54) is 0 Å². The molecule has 0 aromatic carbocycles. The summed E-state index contributed by atoms with van der Waals surface area (Å²) in [5.41, 5.74) is -0.815. The van der Waals surface area contributed by atoms with E-state index in [0.29, 0.717) is 19.4 Å². The van der Waals surface area contributed by atoms with Crippen molar-refractivity contribution < 1.29 is 14.7 Å². The maximum absolute atomic E-state index is 12.1. The number of nitrogens with one attached hydrogen (secondary N) is 1. The van der Waals surface area contributed by atoms with Gasteiger partial charge in [-0.25, -0.2) is 0 Å². The average Bonchev–Trinajstić information content (AvgIpc) is 2.49. The Kier molecular flexibility index (Phi) is 6.36. The molecule has 0 radical (unpaired) electrons. The van der Waals surface area contributed by atoms with Gasteiger partial charge >= 0.3 is 5.97 Å². The summed E-state index contributed by atoms with van der Waals surface area (Å²) in [7, 11) is 0. The maximum Gasteiger partial charge on any atom is 0.310 e. The number of amides is 1. The maximum atomic E-state index is 12.1. The van der Waals surface area contributed by atoms with E-state index in [0.717, 1.165) is 50.4 Å². The molecule has 1 amide bonds. The molecule has 1 saturated carbocycles. The lowest BCUT2D eigenvalue weighted by Crippen LogP contribution is -2.42. The molecule has 1 saturated heterocycles. The second-order valence-electron chi connectivity index (χ2n) is 6.13. The van der Waals surface area contributed by atoms with Crippen molar-refractivity contribution in [2.75, 3.05) is 37.7 Å². The predicted octanol–water partition coefficient (Wildman–Crippen LogP) is 1.58. The summed E-state index contributed by atoms with van der Waals surface area (Å²) >= 11 is 1.97. The number of carboxylic acid groups (broad SMARTS) is 1. The molecule has 2 aliphatic rings. The van der Waals surface area contributed by atoms with Crippen molar-refractivity contribution >= 4 is 23.6 Å². The van der Waals surface area contributed by atoms with E-state index in [4.69, 9.17) is 0 Å². The summed E-state index contributed by atoms with van der Waals surface area (Å²) in [4.78, 5) is 26.0. The first-order valence-corrected chi connectivity index (χ1v) is 9.08. The molecule has 120 valence electrons. The van der Waals surface area contributed by atoms with Gasteiger partial charge in [-0.2, -0.15) is 11.8 Å². The third-order valence-corrected chi connectivity index (χ3v) is 5.56. The van der Waals surface area contributed by atoms with E-state index in [1.807, 2.05) is 11.8 Å². The van der Waals surface area contributed by atoms with Crippen LogP contribution in [-0.2, 0) is 9.59 Å². The third-order valence-electron chi connectivity index (χ3n) is 4.62. The number of aliphatic carboxylic acids is 1. The van der Waals surface area contributed by atoms with Crippen LogP contribution >= 0.6 is 11.8 Å². The summed E-state index contributed by atoms with van der Waals surface area (Å²) in [5, 5.41) is 12.4. The normalized spacial score (nSPS) is 22.7. The van der Waals surface area contributed by atoms with Crippen molar-refractivity contribution in [1.82, 2.24) is 10.2 Å². The zero-order valence-corrected chi connectivity index (χ0v) is 13.4. The summed E-state index contributed by atoms with van der Waals surface area (Å²) in [6.07, 6.45) is 4.34. The van der Waals surface area contributed by atoms with E-state index in [-0.39, 0.29) is 12.3 Å². The van der Waals surface area contributed by atoms with Crippen LogP contribution in [0.3, 0.4) is 0 Å². The number of carbonyl (C=O) groups excluding carboxylic acids is 1. The van der Waals surface area contributed by atoms with Crippen LogP contribution in [0, 0.1) is 5.41 Å². The van der Waals surface area contributed by atoms with E-state index < -0.39 is 11.4 Å². The van der Waals surface area contributed by atoms with Crippen LogP contribution in [0.2, 0.25) is 0 Å². The molecule has 6 heteroatoms. The smallest absolute Gasteiger partial charge is 0.310 e. The fourth-order valence-corrected chi connectivity index (χ4v) is 4.22. The van der Waals surface area contributed by atoms with Gasteiger partial charge in [-0.3, -0.25) is 14.5 Å². The van der Waals surface area contributed by atoms with Gasteiger partial charge in [0, 0.05) is 44.1 Å². The second kappa shape index (κ2) is 8.03. The van der Waals surface area contributed by atoms with Crippen LogP contribution in [-0.4, -0.2) is 59.6 Å². The minimum absolute atomic E-state index is 0.106. The molecule has 0 atom stereocenters. The van der Waals surface area contributed by atoms with Gasteiger partial charge in [0.05, 0.1) is 5.41 Å². The summed E-state index contributed by atoms with van der Waals surface area (Å²) in [5.74, 6) is 1.42. The second-order valence-corrected chi connectivity index (χ2v) is 7.35. The number of thioether (sulfide) groups is 1. The van der Waals surface area contributed by atoms with Crippen LogP contribution in [0.25, 0.3) is 0 Å². The molecular formula is C15H26N2O3S. The zero-order chi connectivity index (χ0) is 15.1. The number of rotatable bonds is 6. The lowest BCUT2D eigenvalue weighted by molar-refractivity contribution is -0.154. The van der Waals surface area contributed by atoms with Gasteiger partial charge in [0.15, 0.2) is 0 Å². The van der Waals surface area contributed by atoms with Crippen molar-refractivity contribution in [3.05, 3.63) is 0 Å². The van der Waals surface area contributed by atoms with Crippen molar-refractivity contribution in [2.24, 2.45) is 5.41 Å². The Morgan fingerprint density at radius 1 is 1.14 bits per heavy atom. The Morgan fingerprint density at radius 2 is 1.81 bits per heavy atom. The lowest BCUT2D eigenvalue weighted by Gasteiger charge is -2.32. The molecule has 2 fully saturated rings. The third kappa shape index (κ3) is 4.88. The topological polar surface area (TPSA) is 69.6 Å². The largest absolute Gasteiger partial charge is 0.481 e. The Bertz CT molecular complexity index is 364. The quantitative estimate of drug-likeness (QED) is 0.779. The van der Waals surface area contributed by atoms with Crippen LogP contribution < -0.4 is 5.32 Å². The number of hydrogen-bond acceptors (Lipinski definition) is 4. The molecule has 0 bridgehead atoms. The highest BCUT2D eigenvalue weighted by atomic mass is 32.2. The standard InChI is InChI=1S/C15H26N2O3S/c18-13(16-6-7-17-8-10-21-11-9-17)12-15(14(19)20)4-2-1-3-5-15/h1-12H2,(H,16,18)(H,19,20). The SMILES string of the molecule is O=C(CC1(C(=O)O)CCCCC1)NCCN1CCSCC1. The Hall–Kier alpha value is -0.750. The minimum Gasteiger partial charge on any atom is -0.481 e. The highest BCUT2D eigenvalue weighted by Gasteiger charge is 2.41. The fourth-order valence-electron chi connectivity index (χ4n) is 3.24. The molecule has 1 aliphatic heterocycles. The van der Waals surface area contributed by atoms with Gasteiger partial charge in [-0.05, 0) is 12.8 Å². The number of nitrogens with zero attached hydrogens (tertiary/aromatic N) is 1. The predicted molar refractivity (Wildman–Crippen MR) is 84.5 cm³/mol. The first-order chi connectivity index (χ1) is 10.1. The monoisotopic (exact) mass is 314 g/mol. The number of hydrogen-bond donors (Lipinski definition) is 2. The van der Waals surface area contributed by atoms with Crippen molar-refractivity contribution in [2.45, 2.75) is 38.5 Å². The van der Waals surface area contributed by atoms with E-state index in [1.54, 1.807) is 0 Å². The molecule has 2 N–H and O–H groups in total. The number of carbonyl (C=O) groups is 2.